The minimum Gasteiger partial charge on any atom is -0.450 e. The van der Waals surface area contributed by atoms with E-state index in [0.29, 0.717) is 38.2 Å². The van der Waals surface area contributed by atoms with Crippen LogP contribution in [0.25, 0.3) is 0 Å². The Balaban J connectivity index is 1.77. The SMILES string of the molecule is CCOC(=O)N1CCC(NC(=O)C(=O)Nc2ccc(I)cc2)CC1. The predicted molar refractivity (Wildman–Crippen MR) is 97.5 cm³/mol. The Morgan fingerprint density at radius 3 is 2.38 bits per heavy atom. The third-order valence-electron chi connectivity index (χ3n) is 3.66. The van der Waals surface area contributed by atoms with Gasteiger partial charge in [-0.2, -0.15) is 0 Å². The van der Waals surface area contributed by atoms with E-state index in [1.54, 1.807) is 24.0 Å². The number of likely N-dealkylation sites (tertiary alicyclic amines) is 1. The molecule has 130 valence electrons. The summed E-state index contributed by atoms with van der Waals surface area (Å²) >= 11 is 2.16. The maximum absolute atomic E-state index is 12.0. The fraction of sp³-hybridized carbons (Fsp3) is 0.438. The third-order valence-corrected chi connectivity index (χ3v) is 4.38. The smallest absolute Gasteiger partial charge is 0.409 e. The molecule has 24 heavy (non-hydrogen) atoms. The van der Waals surface area contributed by atoms with Crippen molar-refractivity contribution >= 4 is 46.2 Å². The van der Waals surface area contributed by atoms with E-state index in [-0.39, 0.29) is 12.1 Å². The van der Waals surface area contributed by atoms with Crippen LogP contribution in [-0.4, -0.2) is 48.5 Å². The van der Waals surface area contributed by atoms with E-state index in [0.717, 1.165) is 3.57 Å². The van der Waals surface area contributed by atoms with Crippen LogP contribution in [0.3, 0.4) is 0 Å². The molecule has 0 radical (unpaired) electrons. The van der Waals surface area contributed by atoms with Crippen molar-refractivity contribution in [2.45, 2.75) is 25.8 Å². The maximum atomic E-state index is 12.0. The molecule has 0 aromatic heterocycles. The average Bonchev–Trinajstić information content (AvgIpc) is 2.57. The van der Waals surface area contributed by atoms with Crippen LogP contribution < -0.4 is 10.6 Å². The topological polar surface area (TPSA) is 87.7 Å². The highest BCUT2D eigenvalue weighted by Crippen LogP contribution is 2.13. The number of rotatable bonds is 3. The number of nitrogens with one attached hydrogen (secondary N) is 2. The van der Waals surface area contributed by atoms with Crippen LogP contribution in [-0.2, 0) is 14.3 Å². The van der Waals surface area contributed by atoms with Crippen LogP contribution in [0.2, 0.25) is 0 Å². The average molecular weight is 445 g/mol. The molecule has 3 amide bonds. The van der Waals surface area contributed by atoms with Crippen molar-refractivity contribution in [2.75, 3.05) is 25.0 Å². The van der Waals surface area contributed by atoms with Gasteiger partial charge in [-0.1, -0.05) is 0 Å². The summed E-state index contributed by atoms with van der Waals surface area (Å²) in [5, 5.41) is 5.27. The maximum Gasteiger partial charge on any atom is 0.409 e. The molecule has 7 nitrogen and oxygen atoms in total. The number of hydrogen-bond acceptors (Lipinski definition) is 4. The van der Waals surface area contributed by atoms with Crippen LogP contribution in [0.15, 0.2) is 24.3 Å². The lowest BCUT2D eigenvalue weighted by Gasteiger charge is -2.31. The summed E-state index contributed by atoms with van der Waals surface area (Å²) in [6.45, 7) is 3.11. The molecule has 0 saturated carbocycles. The summed E-state index contributed by atoms with van der Waals surface area (Å²) in [6, 6.07) is 7.05. The molecular weight excluding hydrogens is 425 g/mol. The Bertz CT molecular complexity index is 598. The standard InChI is InChI=1S/C16H20IN3O4/c1-2-24-16(23)20-9-7-13(8-10-20)19-15(22)14(21)18-12-5-3-11(17)4-6-12/h3-6,13H,2,7-10H2,1H3,(H,18,21)(H,19,22). The molecule has 1 fully saturated rings. The first kappa shape index (κ1) is 18.5. The first-order chi connectivity index (χ1) is 11.5. The highest BCUT2D eigenvalue weighted by molar-refractivity contribution is 14.1. The van der Waals surface area contributed by atoms with Gasteiger partial charge in [0.15, 0.2) is 0 Å². The number of ether oxygens (including phenoxy) is 1. The zero-order valence-electron chi connectivity index (χ0n) is 13.4. The number of nitrogens with zero attached hydrogens (tertiary/aromatic N) is 1. The minimum atomic E-state index is -0.691. The molecule has 1 aromatic carbocycles. The Kier molecular flexibility index (Phi) is 6.83. The first-order valence-electron chi connectivity index (χ1n) is 7.78. The summed E-state index contributed by atoms with van der Waals surface area (Å²) in [5.41, 5.74) is 0.577. The van der Waals surface area contributed by atoms with E-state index in [9.17, 15) is 14.4 Å². The molecular formula is C16H20IN3O4. The predicted octanol–water partition coefficient (Wildman–Crippen LogP) is 1.97. The number of amides is 3. The van der Waals surface area contributed by atoms with Gasteiger partial charge in [-0.25, -0.2) is 4.79 Å². The lowest BCUT2D eigenvalue weighted by atomic mass is 10.1. The fourth-order valence-electron chi connectivity index (χ4n) is 2.39. The van der Waals surface area contributed by atoms with Crippen LogP contribution in [0, 0.1) is 3.57 Å². The van der Waals surface area contributed by atoms with E-state index in [1.807, 2.05) is 12.1 Å². The van der Waals surface area contributed by atoms with Crippen LogP contribution in [0.1, 0.15) is 19.8 Å². The molecule has 1 aliphatic rings. The zero-order valence-corrected chi connectivity index (χ0v) is 15.5. The summed E-state index contributed by atoms with van der Waals surface area (Å²) in [4.78, 5) is 37.1. The second kappa shape index (κ2) is 8.86. The lowest BCUT2D eigenvalue weighted by molar-refractivity contribution is -0.136. The molecule has 1 aromatic rings. The molecule has 8 heteroatoms. The quantitative estimate of drug-likeness (QED) is 0.550. The monoisotopic (exact) mass is 445 g/mol. The van der Waals surface area contributed by atoms with Gasteiger partial charge >= 0.3 is 17.9 Å². The highest BCUT2D eigenvalue weighted by atomic mass is 127. The minimum absolute atomic E-state index is 0.120. The number of benzene rings is 1. The Morgan fingerprint density at radius 2 is 1.79 bits per heavy atom. The van der Waals surface area contributed by atoms with E-state index in [1.165, 1.54) is 0 Å². The molecule has 0 bridgehead atoms. The summed E-state index contributed by atoms with van der Waals surface area (Å²) in [5.74, 6) is -1.35. The normalized spacial score (nSPS) is 14.8. The van der Waals surface area contributed by atoms with Crippen LogP contribution in [0.5, 0.6) is 0 Å². The van der Waals surface area contributed by atoms with Gasteiger partial charge in [0.2, 0.25) is 0 Å². The molecule has 2 rings (SSSR count). The van der Waals surface area contributed by atoms with Gasteiger partial charge < -0.3 is 20.3 Å². The Labute approximate surface area is 154 Å². The van der Waals surface area contributed by atoms with Crippen molar-refractivity contribution in [3.05, 3.63) is 27.8 Å². The number of halogens is 1. The van der Waals surface area contributed by atoms with Crippen molar-refractivity contribution in [3.63, 3.8) is 0 Å². The molecule has 1 aliphatic heterocycles. The molecule has 0 spiro atoms. The molecule has 0 unspecified atom stereocenters. The number of anilines is 1. The second-order valence-electron chi connectivity index (χ2n) is 5.39. The van der Waals surface area contributed by atoms with Gasteiger partial charge in [0.25, 0.3) is 0 Å². The van der Waals surface area contributed by atoms with E-state index in [4.69, 9.17) is 4.74 Å². The highest BCUT2D eigenvalue weighted by Gasteiger charge is 2.26. The van der Waals surface area contributed by atoms with Crippen molar-refractivity contribution in [1.29, 1.82) is 0 Å². The van der Waals surface area contributed by atoms with E-state index >= 15 is 0 Å². The largest absolute Gasteiger partial charge is 0.450 e. The summed E-state index contributed by atoms with van der Waals surface area (Å²) < 4.78 is 5.99. The fourth-order valence-corrected chi connectivity index (χ4v) is 2.75. The number of carbonyl (C=O) groups is 3. The van der Waals surface area contributed by atoms with Crippen LogP contribution >= 0.6 is 22.6 Å². The molecule has 0 aliphatic carbocycles. The zero-order chi connectivity index (χ0) is 17.5. The van der Waals surface area contributed by atoms with Crippen LogP contribution in [0.4, 0.5) is 10.5 Å². The first-order valence-corrected chi connectivity index (χ1v) is 8.86. The number of hydrogen-bond donors (Lipinski definition) is 2. The van der Waals surface area contributed by atoms with Crippen molar-refractivity contribution in [1.82, 2.24) is 10.2 Å². The van der Waals surface area contributed by atoms with E-state index < -0.39 is 11.8 Å². The van der Waals surface area contributed by atoms with Gasteiger partial charge in [-0.3, -0.25) is 9.59 Å². The summed E-state index contributed by atoms with van der Waals surface area (Å²) in [7, 11) is 0. The van der Waals surface area contributed by atoms with Gasteiger partial charge in [-0.05, 0) is 66.6 Å². The Hall–Kier alpha value is -1.84. The molecule has 2 N–H and O–H groups in total. The van der Waals surface area contributed by atoms with Gasteiger partial charge in [0.05, 0.1) is 6.61 Å². The third kappa shape index (κ3) is 5.36. The Morgan fingerprint density at radius 1 is 1.17 bits per heavy atom. The molecule has 0 atom stereocenters. The lowest BCUT2D eigenvalue weighted by Crippen LogP contribution is -2.49. The summed E-state index contributed by atoms with van der Waals surface area (Å²) in [6.07, 6.45) is 0.863. The van der Waals surface area contributed by atoms with Gasteiger partial charge in [0.1, 0.15) is 0 Å². The van der Waals surface area contributed by atoms with E-state index in [2.05, 4.69) is 33.2 Å². The van der Waals surface area contributed by atoms with Gasteiger partial charge in [0, 0.05) is 28.4 Å². The van der Waals surface area contributed by atoms with Crippen molar-refractivity contribution < 1.29 is 19.1 Å². The second-order valence-corrected chi connectivity index (χ2v) is 6.64. The van der Waals surface area contributed by atoms with Gasteiger partial charge in [-0.15, -0.1) is 0 Å². The number of carbonyl (C=O) groups excluding carboxylic acids is 3. The van der Waals surface area contributed by atoms with Crippen molar-refractivity contribution in [2.24, 2.45) is 0 Å². The molecule has 1 saturated heterocycles. The van der Waals surface area contributed by atoms with Crippen molar-refractivity contribution in [3.8, 4) is 0 Å². The number of piperidine rings is 1. The molecule has 1 heterocycles.